The minimum Gasteiger partial charge on any atom is -0.395 e. The summed E-state index contributed by atoms with van der Waals surface area (Å²) in [6.45, 7) is 7.44. The predicted octanol–water partition coefficient (Wildman–Crippen LogP) is 1.93. The van der Waals surface area contributed by atoms with Crippen LogP contribution in [0.2, 0.25) is 0 Å². The molecule has 2 rings (SSSR count). The second-order valence-electron chi connectivity index (χ2n) is 5.51. The second kappa shape index (κ2) is 6.37. The van der Waals surface area contributed by atoms with E-state index in [1.165, 1.54) is 5.56 Å². The molecular weight excluding hydrogens is 252 g/mol. The number of fused-ring (bicyclic) bond motifs is 1. The van der Waals surface area contributed by atoms with Crippen LogP contribution < -0.4 is 5.32 Å². The first-order chi connectivity index (χ1) is 9.56. The van der Waals surface area contributed by atoms with Gasteiger partial charge in [0.25, 0.3) is 0 Å². The van der Waals surface area contributed by atoms with Crippen LogP contribution in [0.5, 0.6) is 0 Å². The number of carbonyl (C=O) groups excluding carboxylic acids is 1. The van der Waals surface area contributed by atoms with Crippen molar-refractivity contribution < 1.29 is 9.90 Å². The lowest BCUT2D eigenvalue weighted by molar-refractivity contribution is 0.0817. The Balaban J connectivity index is 2.15. The van der Waals surface area contributed by atoms with E-state index < -0.39 is 0 Å². The number of aliphatic hydroxyl groups excluding tert-OH is 1. The van der Waals surface area contributed by atoms with E-state index >= 15 is 0 Å². The SMILES string of the molecule is CCN(CCO)C(C)C(=O)c1ccc2c(c1)CC(C)N2. The molecule has 0 spiro atoms. The topological polar surface area (TPSA) is 52.6 Å². The molecule has 1 aliphatic rings. The van der Waals surface area contributed by atoms with Gasteiger partial charge in [-0.3, -0.25) is 9.69 Å². The molecule has 0 aromatic heterocycles. The molecular formula is C16H24N2O2. The highest BCUT2D eigenvalue weighted by Crippen LogP contribution is 2.27. The molecule has 110 valence electrons. The number of carbonyl (C=O) groups is 1. The van der Waals surface area contributed by atoms with E-state index in [2.05, 4.69) is 12.2 Å². The number of nitrogens with one attached hydrogen (secondary N) is 1. The van der Waals surface area contributed by atoms with Gasteiger partial charge in [-0.2, -0.15) is 0 Å². The van der Waals surface area contributed by atoms with Gasteiger partial charge in [-0.15, -0.1) is 0 Å². The molecule has 4 nitrogen and oxygen atoms in total. The summed E-state index contributed by atoms with van der Waals surface area (Å²) in [5.41, 5.74) is 3.13. The standard InChI is InChI=1S/C16H24N2O2/c1-4-18(7-8-19)12(3)16(20)13-5-6-15-14(10-13)9-11(2)17-15/h5-6,10-12,17,19H,4,7-9H2,1-3H3. The van der Waals surface area contributed by atoms with Crippen LogP contribution in [0.15, 0.2) is 18.2 Å². The Hall–Kier alpha value is -1.39. The molecule has 0 radical (unpaired) electrons. The quantitative estimate of drug-likeness (QED) is 0.780. The molecule has 0 saturated heterocycles. The molecule has 2 atom stereocenters. The van der Waals surface area contributed by atoms with Gasteiger partial charge >= 0.3 is 0 Å². The maximum absolute atomic E-state index is 12.6. The smallest absolute Gasteiger partial charge is 0.179 e. The summed E-state index contributed by atoms with van der Waals surface area (Å²) in [4.78, 5) is 14.6. The van der Waals surface area contributed by atoms with Crippen LogP contribution in [0, 0.1) is 0 Å². The zero-order valence-corrected chi connectivity index (χ0v) is 12.5. The first kappa shape index (κ1) is 15.0. The molecule has 0 aliphatic carbocycles. The van der Waals surface area contributed by atoms with Crippen LogP contribution in [-0.2, 0) is 6.42 Å². The highest BCUT2D eigenvalue weighted by Gasteiger charge is 2.23. The molecule has 1 aliphatic heterocycles. The zero-order chi connectivity index (χ0) is 14.7. The summed E-state index contributed by atoms with van der Waals surface area (Å²) in [5.74, 6) is 0.127. The lowest BCUT2D eigenvalue weighted by atomic mass is 10.00. The average molecular weight is 276 g/mol. The van der Waals surface area contributed by atoms with Crippen LogP contribution in [0.1, 0.15) is 36.7 Å². The van der Waals surface area contributed by atoms with Crippen molar-refractivity contribution in [3.63, 3.8) is 0 Å². The second-order valence-corrected chi connectivity index (χ2v) is 5.51. The van der Waals surface area contributed by atoms with Gasteiger partial charge in [0.2, 0.25) is 0 Å². The molecule has 2 unspecified atom stereocenters. The van der Waals surface area contributed by atoms with Crippen molar-refractivity contribution in [3.05, 3.63) is 29.3 Å². The molecule has 0 saturated carbocycles. The average Bonchev–Trinajstić information content (AvgIpc) is 2.82. The summed E-state index contributed by atoms with van der Waals surface area (Å²) in [6, 6.07) is 6.15. The van der Waals surface area contributed by atoms with Crippen molar-refractivity contribution in [1.29, 1.82) is 0 Å². The number of likely N-dealkylation sites (N-methyl/N-ethyl adjacent to an activating group) is 1. The van der Waals surface area contributed by atoms with Crippen LogP contribution >= 0.6 is 0 Å². The Kier molecular flexibility index (Phi) is 4.78. The minimum atomic E-state index is -0.197. The number of benzene rings is 1. The summed E-state index contributed by atoms with van der Waals surface area (Å²) < 4.78 is 0. The lowest BCUT2D eigenvalue weighted by Crippen LogP contribution is -2.40. The Morgan fingerprint density at radius 1 is 1.55 bits per heavy atom. The van der Waals surface area contributed by atoms with Gasteiger partial charge in [-0.1, -0.05) is 6.92 Å². The minimum absolute atomic E-state index is 0.0804. The van der Waals surface area contributed by atoms with Gasteiger partial charge in [-0.25, -0.2) is 0 Å². The van der Waals surface area contributed by atoms with E-state index in [-0.39, 0.29) is 18.4 Å². The third-order valence-electron chi connectivity index (χ3n) is 4.04. The number of hydrogen-bond donors (Lipinski definition) is 2. The van der Waals surface area contributed by atoms with Gasteiger partial charge in [0.05, 0.1) is 12.6 Å². The molecule has 0 bridgehead atoms. The highest BCUT2D eigenvalue weighted by atomic mass is 16.3. The van der Waals surface area contributed by atoms with Gasteiger partial charge in [0.1, 0.15) is 0 Å². The van der Waals surface area contributed by atoms with Crippen molar-refractivity contribution >= 4 is 11.5 Å². The third kappa shape index (κ3) is 3.02. The number of ketones is 1. The third-order valence-corrected chi connectivity index (χ3v) is 4.04. The fourth-order valence-electron chi connectivity index (χ4n) is 2.86. The van der Waals surface area contributed by atoms with Crippen molar-refractivity contribution in [2.75, 3.05) is 25.0 Å². The molecule has 4 heteroatoms. The van der Waals surface area contributed by atoms with E-state index in [1.54, 1.807) is 0 Å². The van der Waals surface area contributed by atoms with Crippen LogP contribution in [0.25, 0.3) is 0 Å². The summed E-state index contributed by atoms with van der Waals surface area (Å²) in [7, 11) is 0. The van der Waals surface area contributed by atoms with Gasteiger partial charge < -0.3 is 10.4 Å². The largest absolute Gasteiger partial charge is 0.395 e. The van der Waals surface area contributed by atoms with E-state index in [1.807, 2.05) is 36.9 Å². The zero-order valence-electron chi connectivity index (χ0n) is 12.5. The maximum Gasteiger partial charge on any atom is 0.179 e. The van der Waals surface area contributed by atoms with E-state index in [0.29, 0.717) is 12.6 Å². The fourth-order valence-corrected chi connectivity index (χ4v) is 2.86. The summed E-state index contributed by atoms with van der Waals surface area (Å²) in [5, 5.41) is 12.5. The molecule has 2 N–H and O–H groups in total. The fraction of sp³-hybridized carbons (Fsp3) is 0.562. The number of hydrogen-bond acceptors (Lipinski definition) is 4. The number of nitrogens with zero attached hydrogens (tertiary/aromatic N) is 1. The molecule has 1 aromatic rings. The van der Waals surface area contributed by atoms with E-state index in [4.69, 9.17) is 5.11 Å². The first-order valence-corrected chi connectivity index (χ1v) is 7.35. The number of rotatable bonds is 6. The van der Waals surface area contributed by atoms with Crippen molar-refractivity contribution in [3.8, 4) is 0 Å². The van der Waals surface area contributed by atoms with Crippen LogP contribution in [0.3, 0.4) is 0 Å². The van der Waals surface area contributed by atoms with Crippen LogP contribution in [-0.4, -0.2) is 47.6 Å². The van der Waals surface area contributed by atoms with Gasteiger partial charge in [0.15, 0.2) is 5.78 Å². The van der Waals surface area contributed by atoms with Crippen molar-refractivity contribution in [2.45, 2.75) is 39.3 Å². The molecule has 1 heterocycles. The normalized spacial score (nSPS) is 18.8. The molecule has 1 aromatic carbocycles. The molecule has 0 amide bonds. The maximum atomic E-state index is 12.6. The monoisotopic (exact) mass is 276 g/mol. The Morgan fingerprint density at radius 3 is 2.95 bits per heavy atom. The number of Topliss-reactive ketones (excluding diaryl/α,β-unsaturated/α-hetero) is 1. The van der Waals surface area contributed by atoms with Gasteiger partial charge in [0, 0.05) is 23.8 Å². The Morgan fingerprint density at radius 2 is 2.30 bits per heavy atom. The van der Waals surface area contributed by atoms with E-state index in [9.17, 15) is 4.79 Å². The Labute approximate surface area is 120 Å². The van der Waals surface area contributed by atoms with E-state index in [0.717, 1.165) is 24.2 Å². The van der Waals surface area contributed by atoms with Gasteiger partial charge in [-0.05, 0) is 50.6 Å². The first-order valence-electron chi connectivity index (χ1n) is 7.35. The number of aliphatic hydroxyl groups is 1. The van der Waals surface area contributed by atoms with Crippen molar-refractivity contribution in [1.82, 2.24) is 4.90 Å². The predicted molar refractivity (Wildman–Crippen MR) is 81.4 cm³/mol. The summed E-state index contributed by atoms with van der Waals surface area (Å²) >= 11 is 0. The lowest BCUT2D eigenvalue weighted by Gasteiger charge is -2.26. The van der Waals surface area contributed by atoms with Crippen molar-refractivity contribution in [2.24, 2.45) is 0 Å². The highest BCUT2D eigenvalue weighted by molar-refractivity contribution is 6.00. The molecule has 20 heavy (non-hydrogen) atoms. The molecule has 0 fully saturated rings. The number of anilines is 1. The van der Waals surface area contributed by atoms with Crippen LogP contribution in [0.4, 0.5) is 5.69 Å². The Bertz CT molecular complexity index is 487. The summed E-state index contributed by atoms with van der Waals surface area (Å²) in [6.07, 6.45) is 0.971.